The molecule has 2 unspecified atom stereocenters. The molecule has 1 aromatic rings. The largest absolute Gasteiger partial charge is 0.488 e. The average Bonchev–Trinajstić information content (AvgIpc) is 3.45. The van der Waals surface area contributed by atoms with Crippen LogP contribution in [0.2, 0.25) is 0 Å². The van der Waals surface area contributed by atoms with Crippen molar-refractivity contribution in [3.05, 3.63) is 58.9 Å². The van der Waals surface area contributed by atoms with Crippen molar-refractivity contribution >= 4 is 5.97 Å². The van der Waals surface area contributed by atoms with Crippen molar-refractivity contribution in [3.63, 3.8) is 0 Å². The molecular weight excluding hydrogens is 314 g/mol. The molecule has 4 nitrogen and oxygen atoms in total. The summed E-state index contributed by atoms with van der Waals surface area (Å²) in [5.74, 6) is 0.866. The highest BCUT2D eigenvalue weighted by Crippen LogP contribution is 2.52. The molecule has 0 spiro atoms. The van der Waals surface area contributed by atoms with E-state index < -0.39 is 0 Å². The first-order valence-electron chi connectivity index (χ1n) is 8.83. The van der Waals surface area contributed by atoms with Crippen LogP contribution in [0.25, 0.3) is 0 Å². The fraction of sp³-hybridized carbons (Fsp3) is 0.429. The summed E-state index contributed by atoms with van der Waals surface area (Å²) < 4.78 is 11.6. The van der Waals surface area contributed by atoms with Crippen molar-refractivity contribution in [2.75, 3.05) is 0 Å². The molecule has 128 valence electrons. The molecule has 4 rings (SSSR count). The molecule has 1 fully saturated rings. The van der Waals surface area contributed by atoms with Gasteiger partial charge in [-0.05, 0) is 31.2 Å². The zero-order chi connectivity index (χ0) is 17.4. The summed E-state index contributed by atoms with van der Waals surface area (Å²) in [5, 5.41) is 9.60. The summed E-state index contributed by atoms with van der Waals surface area (Å²) >= 11 is 0. The van der Waals surface area contributed by atoms with Gasteiger partial charge < -0.3 is 9.47 Å². The number of allylic oxidation sites excluding steroid dienone is 3. The molecular formula is C21H21NO3. The quantitative estimate of drug-likeness (QED) is 0.779. The topological polar surface area (TPSA) is 59.3 Å². The van der Waals surface area contributed by atoms with Crippen LogP contribution in [-0.4, -0.2) is 12.1 Å². The Bertz CT molecular complexity index is 798. The predicted octanol–water partition coefficient (Wildman–Crippen LogP) is 4.04. The first-order valence-corrected chi connectivity index (χ1v) is 8.83. The average molecular weight is 335 g/mol. The van der Waals surface area contributed by atoms with E-state index in [4.69, 9.17) is 9.47 Å². The van der Waals surface area contributed by atoms with E-state index in [0.29, 0.717) is 24.3 Å². The maximum absolute atomic E-state index is 12.6. The Labute approximate surface area is 147 Å². The lowest BCUT2D eigenvalue weighted by molar-refractivity contribution is -0.142. The molecule has 2 bridgehead atoms. The second kappa shape index (κ2) is 6.07. The zero-order valence-corrected chi connectivity index (χ0v) is 14.3. The Morgan fingerprint density at radius 3 is 2.80 bits per heavy atom. The summed E-state index contributed by atoms with van der Waals surface area (Å²) in [5.41, 5.74) is 2.12. The molecule has 0 amide bonds. The van der Waals surface area contributed by atoms with E-state index in [-0.39, 0.29) is 24.1 Å². The molecule has 3 aliphatic rings. The number of nitrogens with zero attached hydrogens (tertiary/aromatic N) is 1. The SMILES string of the molecule is CC12CC=C(C(=O)OCc3ccccc3)C(C1)OC(C1CC1)=C2C#N. The van der Waals surface area contributed by atoms with Gasteiger partial charge in [0.25, 0.3) is 0 Å². The van der Waals surface area contributed by atoms with E-state index in [0.717, 1.165) is 29.7 Å². The van der Waals surface area contributed by atoms with Gasteiger partial charge in [0.2, 0.25) is 0 Å². The second-order valence-corrected chi connectivity index (χ2v) is 7.42. The molecule has 0 saturated heterocycles. The van der Waals surface area contributed by atoms with Crippen LogP contribution >= 0.6 is 0 Å². The van der Waals surface area contributed by atoms with E-state index in [9.17, 15) is 10.1 Å². The molecule has 1 heterocycles. The van der Waals surface area contributed by atoms with Gasteiger partial charge in [0, 0.05) is 11.3 Å². The van der Waals surface area contributed by atoms with E-state index in [1.165, 1.54) is 0 Å². The Morgan fingerprint density at radius 1 is 1.36 bits per heavy atom. The smallest absolute Gasteiger partial charge is 0.337 e. The third-order valence-electron chi connectivity index (χ3n) is 5.38. The first-order chi connectivity index (χ1) is 12.1. The molecule has 1 aliphatic heterocycles. The van der Waals surface area contributed by atoms with Crippen molar-refractivity contribution < 1.29 is 14.3 Å². The van der Waals surface area contributed by atoms with Crippen molar-refractivity contribution in [2.24, 2.45) is 11.3 Å². The minimum absolute atomic E-state index is 0.223. The van der Waals surface area contributed by atoms with Gasteiger partial charge in [-0.25, -0.2) is 4.79 Å². The van der Waals surface area contributed by atoms with Crippen molar-refractivity contribution in [2.45, 2.75) is 45.3 Å². The van der Waals surface area contributed by atoms with Gasteiger partial charge in [0.1, 0.15) is 18.5 Å². The van der Waals surface area contributed by atoms with Crippen LogP contribution in [0.5, 0.6) is 0 Å². The van der Waals surface area contributed by atoms with Gasteiger partial charge >= 0.3 is 5.97 Å². The van der Waals surface area contributed by atoms with Crippen LogP contribution in [0.4, 0.5) is 0 Å². The van der Waals surface area contributed by atoms with Gasteiger partial charge in [-0.2, -0.15) is 5.26 Å². The maximum atomic E-state index is 12.6. The Balaban J connectivity index is 1.51. The standard InChI is InChI=1S/C21H21NO3/c1-21-10-9-16(20(23)24-13-14-5-3-2-4-6-14)18(11-21)25-19(15-7-8-15)17(21)12-22/h2-6,9,15,18H,7-8,10-11,13H2,1H3. The summed E-state index contributed by atoms with van der Waals surface area (Å²) in [6, 6.07) is 12.0. The van der Waals surface area contributed by atoms with Crippen molar-refractivity contribution in [1.29, 1.82) is 5.26 Å². The number of hydrogen-bond acceptors (Lipinski definition) is 4. The lowest BCUT2D eigenvalue weighted by atomic mass is 9.68. The van der Waals surface area contributed by atoms with Crippen LogP contribution in [-0.2, 0) is 20.9 Å². The molecule has 2 aliphatic carbocycles. The predicted molar refractivity (Wildman–Crippen MR) is 91.9 cm³/mol. The normalized spacial score (nSPS) is 27.8. The molecule has 4 heteroatoms. The molecule has 2 atom stereocenters. The number of carbonyl (C=O) groups is 1. The van der Waals surface area contributed by atoms with Gasteiger partial charge in [-0.3, -0.25) is 0 Å². The molecule has 25 heavy (non-hydrogen) atoms. The van der Waals surface area contributed by atoms with E-state index in [2.05, 4.69) is 13.0 Å². The number of ether oxygens (including phenoxy) is 2. The van der Waals surface area contributed by atoms with Crippen LogP contribution < -0.4 is 0 Å². The van der Waals surface area contributed by atoms with Gasteiger partial charge in [0.15, 0.2) is 0 Å². The van der Waals surface area contributed by atoms with E-state index in [1.54, 1.807) is 0 Å². The van der Waals surface area contributed by atoms with E-state index in [1.807, 2.05) is 36.4 Å². The fourth-order valence-electron chi connectivity index (χ4n) is 3.75. The minimum Gasteiger partial charge on any atom is -0.488 e. The highest BCUT2D eigenvalue weighted by atomic mass is 16.5. The van der Waals surface area contributed by atoms with Crippen LogP contribution in [0.15, 0.2) is 53.3 Å². The Morgan fingerprint density at radius 2 is 2.12 bits per heavy atom. The van der Waals surface area contributed by atoms with Gasteiger partial charge in [0.05, 0.1) is 17.2 Å². The van der Waals surface area contributed by atoms with Crippen LogP contribution in [0, 0.1) is 22.7 Å². The number of benzene rings is 1. The molecule has 0 radical (unpaired) electrons. The minimum atomic E-state index is -0.313. The Hall–Kier alpha value is -2.54. The van der Waals surface area contributed by atoms with Gasteiger partial charge in [-0.15, -0.1) is 0 Å². The number of hydrogen-bond donors (Lipinski definition) is 0. The number of esters is 1. The number of fused-ring (bicyclic) bond motifs is 2. The summed E-state index contributed by atoms with van der Waals surface area (Å²) in [6.45, 7) is 2.36. The van der Waals surface area contributed by atoms with Gasteiger partial charge in [-0.1, -0.05) is 43.3 Å². The molecule has 0 N–H and O–H groups in total. The number of rotatable bonds is 4. The second-order valence-electron chi connectivity index (χ2n) is 7.42. The van der Waals surface area contributed by atoms with E-state index >= 15 is 0 Å². The lowest BCUT2D eigenvalue weighted by Crippen LogP contribution is -2.39. The van der Waals surface area contributed by atoms with Crippen molar-refractivity contribution in [1.82, 2.24) is 0 Å². The summed E-state index contributed by atoms with van der Waals surface area (Å²) in [7, 11) is 0. The maximum Gasteiger partial charge on any atom is 0.337 e. The molecule has 1 saturated carbocycles. The van der Waals surface area contributed by atoms with Crippen molar-refractivity contribution in [3.8, 4) is 6.07 Å². The summed E-state index contributed by atoms with van der Waals surface area (Å²) in [4.78, 5) is 12.6. The first kappa shape index (κ1) is 16.0. The molecule has 0 aromatic heterocycles. The highest BCUT2D eigenvalue weighted by Gasteiger charge is 2.48. The third kappa shape index (κ3) is 2.95. The Kier molecular flexibility index (Phi) is 3.88. The van der Waals surface area contributed by atoms with Crippen LogP contribution in [0.1, 0.15) is 38.2 Å². The fourth-order valence-corrected chi connectivity index (χ4v) is 3.75. The molecule has 1 aromatic carbocycles. The summed E-state index contributed by atoms with van der Waals surface area (Å²) in [6.07, 6.45) is 5.10. The highest BCUT2D eigenvalue weighted by molar-refractivity contribution is 5.90. The monoisotopic (exact) mass is 335 g/mol. The number of nitriles is 1. The number of carbonyl (C=O) groups excluding carboxylic acids is 1. The van der Waals surface area contributed by atoms with Crippen LogP contribution in [0.3, 0.4) is 0 Å². The lowest BCUT2D eigenvalue weighted by Gasteiger charge is -2.42. The zero-order valence-electron chi connectivity index (χ0n) is 14.3. The third-order valence-corrected chi connectivity index (χ3v) is 5.38.